The average Bonchev–Trinajstić information content (AvgIpc) is 2.07. The van der Waals surface area contributed by atoms with Crippen LogP contribution in [0.1, 0.15) is 38.5 Å². The largest absolute Gasteiger partial charge is 0.317 e. The molecule has 1 rings (SSSR count). The molecule has 0 saturated carbocycles. The van der Waals surface area contributed by atoms with Crippen molar-refractivity contribution in [2.45, 2.75) is 38.5 Å². The van der Waals surface area contributed by atoms with Crippen molar-refractivity contribution in [3.63, 3.8) is 0 Å². The summed E-state index contributed by atoms with van der Waals surface area (Å²) in [5, 5.41) is 3.39. The van der Waals surface area contributed by atoms with E-state index in [0.717, 1.165) is 12.3 Å². The average molecular weight is 154 g/mol. The van der Waals surface area contributed by atoms with E-state index in [4.69, 9.17) is 0 Å². The highest BCUT2D eigenvalue weighted by Gasteiger charge is 2.11. The quantitative estimate of drug-likeness (QED) is 0.613. The first-order valence-electron chi connectivity index (χ1n) is 4.93. The molecule has 1 aliphatic heterocycles. The molecular formula is C10H20N. The summed E-state index contributed by atoms with van der Waals surface area (Å²) < 4.78 is 0. The van der Waals surface area contributed by atoms with Gasteiger partial charge in [0.2, 0.25) is 0 Å². The van der Waals surface area contributed by atoms with Crippen molar-refractivity contribution in [1.29, 1.82) is 0 Å². The monoisotopic (exact) mass is 154 g/mol. The Morgan fingerprint density at radius 2 is 1.91 bits per heavy atom. The number of hydrogen-bond acceptors (Lipinski definition) is 1. The van der Waals surface area contributed by atoms with E-state index in [1.54, 1.807) is 0 Å². The summed E-state index contributed by atoms with van der Waals surface area (Å²) in [6.45, 7) is 6.35. The first-order chi connectivity index (χ1) is 5.43. The third-order valence-electron chi connectivity index (χ3n) is 2.57. The predicted octanol–water partition coefficient (Wildman–Crippen LogP) is 2.38. The molecule has 1 fully saturated rings. The third-order valence-corrected chi connectivity index (χ3v) is 2.57. The van der Waals surface area contributed by atoms with Crippen molar-refractivity contribution in [2.24, 2.45) is 5.92 Å². The van der Waals surface area contributed by atoms with Gasteiger partial charge in [0.1, 0.15) is 0 Å². The maximum atomic E-state index is 3.86. The summed E-state index contributed by atoms with van der Waals surface area (Å²) in [6, 6.07) is 0. The molecule has 1 saturated heterocycles. The third kappa shape index (κ3) is 3.76. The highest BCUT2D eigenvalue weighted by Crippen LogP contribution is 2.18. The Labute approximate surface area is 70.6 Å². The van der Waals surface area contributed by atoms with Gasteiger partial charge in [0.05, 0.1) is 0 Å². The lowest BCUT2D eigenvalue weighted by Crippen LogP contribution is -2.27. The second-order valence-electron chi connectivity index (χ2n) is 3.54. The minimum Gasteiger partial charge on any atom is -0.317 e. The van der Waals surface area contributed by atoms with Gasteiger partial charge in [-0.2, -0.15) is 0 Å². The van der Waals surface area contributed by atoms with Gasteiger partial charge in [-0.3, -0.25) is 0 Å². The van der Waals surface area contributed by atoms with Gasteiger partial charge in [-0.25, -0.2) is 0 Å². The van der Waals surface area contributed by atoms with Crippen LogP contribution in [0, 0.1) is 12.8 Å². The summed E-state index contributed by atoms with van der Waals surface area (Å²) >= 11 is 0. The fraction of sp³-hybridized carbons (Fsp3) is 0.900. The van der Waals surface area contributed by atoms with Gasteiger partial charge in [-0.05, 0) is 31.8 Å². The zero-order chi connectivity index (χ0) is 7.94. The van der Waals surface area contributed by atoms with Gasteiger partial charge in [-0.1, -0.05) is 32.6 Å². The molecular weight excluding hydrogens is 134 g/mol. The molecule has 65 valence electrons. The molecule has 1 heterocycles. The Hall–Kier alpha value is -0.0400. The molecule has 0 aromatic rings. The Kier molecular flexibility index (Phi) is 4.60. The molecule has 0 spiro atoms. The highest BCUT2D eigenvalue weighted by atomic mass is 14.9. The Morgan fingerprint density at radius 1 is 1.18 bits per heavy atom. The van der Waals surface area contributed by atoms with E-state index in [-0.39, 0.29) is 0 Å². The van der Waals surface area contributed by atoms with E-state index in [1.807, 2.05) is 0 Å². The molecule has 11 heavy (non-hydrogen) atoms. The molecule has 0 aromatic carbocycles. The number of hydrogen-bond donors (Lipinski definition) is 1. The fourth-order valence-electron chi connectivity index (χ4n) is 1.78. The highest BCUT2D eigenvalue weighted by molar-refractivity contribution is 4.68. The van der Waals surface area contributed by atoms with Crippen LogP contribution in [0.3, 0.4) is 0 Å². The lowest BCUT2D eigenvalue weighted by atomic mass is 9.92. The number of piperidine rings is 1. The molecule has 1 heteroatoms. The second-order valence-corrected chi connectivity index (χ2v) is 3.54. The van der Waals surface area contributed by atoms with Crippen LogP contribution in [0.25, 0.3) is 0 Å². The predicted molar refractivity (Wildman–Crippen MR) is 49.4 cm³/mol. The van der Waals surface area contributed by atoms with Crippen molar-refractivity contribution in [3.05, 3.63) is 6.92 Å². The molecule has 1 nitrogen and oxygen atoms in total. The molecule has 0 unspecified atom stereocenters. The molecule has 0 amide bonds. The SMILES string of the molecule is [CH2]CCCCC1CCNCC1. The summed E-state index contributed by atoms with van der Waals surface area (Å²) in [4.78, 5) is 0. The zero-order valence-electron chi connectivity index (χ0n) is 7.44. The number of unbranched alkanes of at least 4 members (excludes halogenated alkanes) is 2. The molecule has 0 aliphatic carbocycles. The Morgan fingerprint density at radius 3 is 2.55 bits per heavy atom. The maximum Gasteiger partial charge on any atom is -0.00463 e. The lowest BCUT2D eigenvalue weighted by molar-refractivity contribution is 0.344. The van der Waals surface area contributed by atoms with Crippen molar-refractivity contribution < 1.29 is 0 Å². The number of nitrogens with one attached hydrogen (secondary N) is 1. The summed E-state index contributed by atoms with van der Waals surface area (Å²) in [5.74, 6) is 1.02. The van der Waals surface area contributed by atoms with Crippen molar-refractivity contribution in [2.75, 3.05) is 13.1 Å². The molecule has 0 bridgehead atoms. The van der Waals surface area contributed by atoms with Gasteiger partial charge in [0, 0.05) is 0 Å². The van der Waals surface area contributed by atoms with Crippen molar-refractivity contribution >= 4 is 0 Å². The fourth-order valence-corrected chi connectivity index (χ4v) is 1.78. The van der Waals surface area contributed by atoms with E-state index >= 15 is 0 Å². The van der Waals surface area contributed by atoms with Crippen LogP contribution < -0.4 is 5.32 Å². The molecule has 0 atom stereocenters. The van der Waals surface area contributed by atoms with E-state index in [1.165, 1.54) is 45.2 Å². The first-order valence-corrected chi connectivity index (χ1v) is 4.93. The van der Waals surface area contributed by atoms with Crippen LogP contribution >= 0.6 is 0 Å². The minimum atomic E-state index is 1.02. The van der Waals surface area contributed by atoms with E-state index in [2.05, 4.69) is 12.2 Å². The minimum absolute atomic E-state index is 1.02. The summed E-state index contributed by atoms with van der Waals surface area (Å²) in [6.07, 6.45) is 8.08. The van der Waals surface area contributed by atoms with Crippen LogP contribution in [-0.4, -0.2) is 13.1 Å². The molecule has 1 N–H and O–H groups in total. The van der Waals surface area contributed by atoms with Crippen molar-refractivity contribution in [3.8, 4) is 0 Å². The molecule has 1 aliphatic rings. The van der Waals surface area contributed by atoms with Crippen LogP contribution in [0.15, 0.2) is 0 Å². The van der Waals surface area contributed by atoms with Gasteiger partial charge in [-0.15, -0.1) is 0 Å². The zero-order valence-corrected chi connectivity index (χ0v) is 7.44. The van der Waals surface area contributed by atoms with Crippen LogP contribution in [0.4, 0.5) is 0 Å². The normalized spacial score (nSPS) is 20.5. The second kappa shape index (κ2) is 5.59. The maximum absolute atomic E-state index is 3.86. The first kappa shape index (κ1) is 9.05. The molecule has 0 aromatic heterocycles. The van der Waals surface area contributed by atoms with Gasteiger partial charge < -0.3 is 5.32 Å². The van der Waals surface area contributed by atoms with Gasteiger partial charge in [0.25, 0.3) is 0 Å². The summed E-state index contributed by atoms with van der Waals surface area (Å²) in [7, 11) is 0. The number of rotatable bonds is 4. The topological polar surface area (TPSA) is 12.0 Å². The van der Waals surface area contributed by atoms with Gasteiger partial charge in [0.15, 0.2) is 0 Å². The summed E-state index contributed by atoms with van der Waals surface area (Å²) in [5.41, 5.74) is 0. The lowest BCUT2D eigenvalue weighted by Gasteiger charge is -2.22. The smallest absolute Gasteiger partial charge is 0.00463 e. The van der Waals surface area contributed by atoms with E-state index in [0.29, 0.717) is 0 Å². The van der Waals surface area contributed by atoms with Gasteiger partial charge >= 0.3 is 0 Å². The van der Waals surface area contributed by atoms with E-state index in [9.17, 15) is 0 Å². The van der Waals surface area contributed by atoms with E-state index < -0.39 is 0 Å². The van der Waals surface area contributed by atoms with Crippen LogP contribution in [-0.2, 0) is 0 Å². The standard InChI is InChI=1S/C10H20N/c1-2-3-4-5-10-6-8-11-9-7-10/h10-11H,1-9H2. The Balaban J connectivity index is 1.96. The van der Waals surface area contributed by atoms with Crippen LogP contribution in [0.2, 0.25) is 0 Å². The Bertz CT molecular complexity index is 84.9. The molecule has 1 radical (unpaired) electrons. The van der Waals surface area contributed by atoms with Crippen molar-refractivity contribution in [1.82, 2.24) is 5.32 Å². The van der Waals surface area contributed by atoms with Crippen LogP contribution in [0.5, 0.6) is 0 Å².